The molecule has 8 heteroatoms. The lowest BCUT2D eigenvalue weighted by Crippen LogP contribution is -2.24. The second-order valence-corrected chi connectivity index (χ2v) is 7.95. The molecule has 1 fully saturated rings. The van der Waals surface area contributed by atoms with Gasteiger partial charge in [-0.3, -0.25) is 9.13 Å². The van der Waals surface area contributed by atoms with Crippen molar-refractivity contribution in [3.05, 3.63) is 51.4 Å². The summed E-state index contributed by atoms with van der Waals surface area (Å²) in [5, 5.41) is 5.82. The number of benzene rings is 2. The number of aromatic nitrogens is 2. The number of carbonyl (C=O) groups excluding carboxylic acids is 1. The molecule has 1 aliphatic rings. The first-order valence-corrected chi connectivity index (χ1v) is 10.0. The first-order chi connectivity index (χ1) is 13.4. The average molecular weight is 444 g/mol. The Labute approximate surface area is 171 Å². The van der Waals surface area contributed by atoms with Crippen molar-refractivity contribution in [2.75, 3.05) is 28.6 Å². The maximum Gasteiger partial charge on any atom is 0.328 e. The zero-order chi connectivity index (χ0) is 19.8. The Hall–Kier alpha value is -2.74. The molecule has 3 aromatic rings. The Balaban J connectivity index is 1.70. The lowest BCUT2D eigenvalue weighted by atomic mass is 10.2. The number of fused-ring (bicyclic) bond motifs is 1. The first-order valence-electron chi connectivity index (χ1n) is 9.22. The number of anilines is 3. The Morgan fingerprint density at radius 3 is 2.21 bits per heavy atom. The number of nitrogens with one attached hydrogen (secondary N) is 2. The number of urea groups is 1. The molecular weight excluding hydrogens is 422 g/mol. The monoisotopic (exact) mass is 443 g/mol. The molecule has 2 N–H and O–H groups in total. The standard InChI is InChI=1S/C20H22BrN5O2/c1-24-17-11-15(23-19(27)22-14-7-5-13(21)6-8-14)16(26-9-3-4-10-26)12-18(17)25(2)20(24)28/h5-8,11-12H,3-4,9-10H2,1-2H3,(H2,22,23,27). The van der Waals surface area contributed by atoms with E-state index in [1.54, 1.807) is 23.2 Å². The van der Waals surface area contributed by atoms with E-state index in [9.17, 15) is 9.59 Å². The molecule has 7 nitrogen and oxygen atoms in total. The van der Waals surface area contributed by atoms with Crippen molar-refractivity contribution in [1.82, 2.24) is 9.13 Å². The number of aryl methyl sites for hydroxylation is 2. The highest BCUT2D eigenvalue weighted by atomic mass is 79.9. The molecule has 2 aromatic carbocycles. The fourth-order valence-corrected chi connectivity index (χ4v) is 3.94. The van der Waals surface area contributed by atoms with E-state index in [4.69, 9.17) is 0 Å². The van der Waals surface area contributed by atoms with Crippen molar-refractivity contribution in [2.45, 2.75) is 12.8 Å². The van der Waals surface area contributed by atoms with Gasteiger partial charge in [-0.05, 0) is 49.2 Å². The van der Waals surface area contributed by atoms with Gasteiger partial charge in [0.1, 0.15) is 0 Å². The van der Waals surface area contributed by atoms with Crippen molar-refractivity contribution in [2.24, 2.45) is 14.1 Å². The molecule has 1 aromatic heterocycles. The molecule has 0 saturated carbocycles. The summed E-state index contributed by atoms with van der Waals surface area (Å²) in [5.41, 5.74) is 3.90. The normalized spacial score (nSPS) is 13.9. The average Bonchev–Trinajstić information content (AvgIpc) is 3.28. The number of halogens is 1. The Morgan fingerprint density at radius 2 is 1.57 bits per heavy atom. The minimum absolute atomic E-state index is 0.0844. The Kier molecular flexibility index (Phi) is 4.89. The maximum atomic E-state index is 12.6. The number of hydrogen-bond acceptors (Lipinski definition) is 3. The molecule has 1 saturated heterocycles. The number of rotatable bonds is 3. The van der Waals surface area contributed by atoms with Gasteiger partial charge in [-0.1, -0.05) is 15.9 Å². The highest BCUT2D eigenvalue weighted by Crippen LogP contribution is 2.33. The van der Waals surface area contributed by atoms with Crippen LogP contribution in [0.25, 0.3) is 11.0 Å². The zero-order valence-electron chi connectivity index (χ0n) is 15.8. The van der Waals surface area contributed by atoms with Crippen LogP contribution in [0, 0.1) is 0 Å². The SMILES string of the molecule is Cn1c(=O)n(C)c2cc(N3CCCC3)c(NC(=O)Nc3ccc(Br)cc3)cc21. The zero-order valence-corrected chi connectivity index (χ0v) is 17.4. The van der Waals surface area contributed by atoms with Gasteiger partial charge in [0.15, 0.2) is 0 Å². The van der Waals surface area contributed by atoms with E-state index in [0.717, 1.165) is 47.1 Å². The van der Waals surface area contributed by atoms with Crippen LogP contribution < -0.4 is 21.2 Å². The quantitative estimate of drug-likeness (QED) is 0.644. The third-order valence-corrected chi connectivity index (χ3v) is 5.72. The Morgan fingerprint density at radius 1 is 0.964 bits per heavy atom. The van der Waals surface area contributed by atoms with Crippen molar-refractivity contribution >= 4 is 50.1 Å². The molecule has 0 radical (unpaired) electrons. The van der Waals surface area contributed by atoms with Crippen LogP contribution in [0.2, 0.25) is 0 Å². The predicted molar refractivity (Wildman–Crippen MR) is 116 cm³/mol. The summed E-state index contributed by atoms with van der Waals surface area (Å²) in [4.78, 5) is 27.2. The minimum atomic E-state index is -0.317. The van der Waals surface area contributed by atoms with Crippen LogP contribution in [0.3, 0.4) is 0 Å². The van der Waals surface area contributed by atoms with Crippen LogP contribution in [-0.2, 0) is 14.1 Å². The van der Waals surface area contributed by atoms with Crippen molar-refractivity contribution in [1.29, 1.82) is 0 Å². The van der Waals surface area contributed by atoms with Crippen LogP contribution in [0.5, 0.6) is 0 Å². The summed E-state index contributed by atoms with van der Waals surface area (Å²) >= 11 is 3.39. The number of carbonyl (C=O) groups is 1. The van der Waals surface area contributed by atoms with Crippen LogP contribution in [0.1, 0.15) is 12.8 Å². The van der Waals surface area contributed by atoms with Gasteiger partial charge >= 0.3 is 11.7 Å². The Bertz CT molecular complexity index is 1090. The molecule has 146 valence electrons. The second-order valence-electron chi connectivity index (χ2n) is 7.04. The lowest BCUT2D eigenvalue weighted by Gasteiger charge is -2.22. The first kappa shape index (κ1) is 18.6. The third kappa shape index (κ3) is 3.40. The molecule has 4 rings (SSSR count). The van der Waals surface area contributed by atoms with Gasteiger partial charge in [0.05, 0.1) is 22.4 Å². The largest absolute Gasteiger partial charge is 0.370 e. The van der Waals surface area contributed by atoms with Crippen LogP contribution in [0.15, 0.2) is 45.7 Å². The summed E-state index contributed by atoms with van der Waals surface area (Å²) in [6.07, 6.45) is 2.24. The molecule has 0 bridgehead atoms. The molecule has 28 heavy (non-hydrogen) atoms. The molecule has 0 spiro atoms. The third-order valence-electron chi connectivity index (χ3n) is 5.19. The van der Waals surface area contributed by atoms with E-state index in [2.05, 4.69) is 31.5 Å². The second kappa shape index (κ2) is 7.35. The summed E-state index contributed by atoms with van der Waals surface area (Å²) in [6.45, 7) is 1.88. The molecule has 2 amide bonds. The van der Waals surface area contributed by atoms with Crippen molar-refractivity contribution in [3.8, 4) is 0 Å². The smallest absolute Gasteiger partial charge is 0.328 e. The number of hydrogen-bond donors (Lipinski definition) is 2. The van der Waals surface area contributed by atoms with E-state index >= 15 is 0 Å². The summed E-state index contributed by atoms with van der Waals surface area (Å²) in [7, 11) is 3.51. The predicted octanol–water partition coefficient (Wildman–Crippen LogP) is 3.88. The molecule has 0 aliphatic carbocycles. The van der Waals surface area contributed by atoms with Crippen molar-refractivity contribution in [3.63, 3.8) is 0 Å². The highest BCUT2D eigenvalue weighted by Gasteiger charge is 2.20. The number of amides is 2. The van der Waals surface area contributed by atoms with E-state index in [1.165, 1.54) is 0 Å². The van der Waals surface area contributed by atoms with Gasteiger partial charge in [-0.15, -0.1) is 0 Å². The van der Waals surface area contributed by atoms with E-state index in [0.29, 0.717) is 11.4 Å². The molecule has 0 atom stereocenters. The minimum Gasteiger partial charge on any atom is -0.370 e. The van der Waals surface area contributed by atoms with Crippen LogP contribution in [0.4, 0.5) is 21.9 Å². The fraction of sp³-hybridized carbons (Fsp3) is 0.300. The van der Waals surface area contributed by atoms with Crippen LogP contribution >= 0.6 is 15.9 Å². The molecule has 0 unspecified atom stereocenters. The number of nitrogens with zero attached hydrogens (tertiary/aromatic N) is 3. The van der Waals surface area contributed by atoms with Gasteiger partial charge in [-0.2, -0.15) is 0 Å². The fourth-order valence-electron chi connectivity index (χ4n) is 3.67. The topological polar surface area (TPSA) is 71.3 Å². The molecule has 2 heterocycles. The highest BCUT2D eigenvalue weighted by molar-refractivity contribution is 9.10. The van der Waals surface area contributed by atoms with Gasteiger partial charge in [-0.25, -0.2) is 9.59 Å². The lowest BCUT2D eigenvalue weighted by molar-refractivity contribution is 0.262. The van der Waals surface area contributed by atoms with Gasteiger partial charge in [0.25, 0.3) is 0 Å². The molecular formula is C20H22BrN5O2. The number of imidazole rings is 1. The van der Waals surface area contributed by atoms with E-state index in [1.807, 2.05) is 36.4 Å². The summed E-state index contributed by atoms with van der Waals surface area (Å²) < 4.78 is 4.19. The van der Waals surface area contributed by atoms with E-state index in [-0.39, 0.29) is 11.7 Å². The van der Waals surface area contributed by atoms with E-state index < -0.39 is 0 Å². The van der Waals surface area contributed by atoms with Gasteiger partial charge < -0.3 is 15.5 Å². The maximum absolute atomic E-state index is 12.6. The van der Waals surface area contributed by atoms with Gasteiger partial charge in [0, 0.05) is 37.3 Å². The molecule has 1 aliphatic heterocycles. The van der Waals surface area contributed by atoms with Crippen LogP contribution in [-0.4, -0.2) is 28.3 Å². The summed E-state index contributed by atoms with van der Waals surface area (Å²) in [6, 6.07) is 11.0. The van der Waals surface area contributed by atoms with Crippen molar-refractivity contribution < 1.29 is 4.79 Å². The summed E-state index contributed by atoms with van der Waals surface area (Å²) in [5.74, 6) is 0. The van der Waals surface area contributed by atoms with Gasteiger partial charge in [0.2, 0.25) is 0 Å².